The van der Waals surface area contributed by atoms with Gasteiger partial charge in [0.1, 0.15) is 24.1 Å². The van der Waals surface area contributed by atoms with Gasteiger partial charge in [-0.15, -0.1) is 0 Å². The van der Waals surface area contributed by atoms with E-state index >= 15 is 0 Å². The molecule has 2 N–H and O–H groups in total. The van der Waals surface area contributed by atoms with Gasteiger partial charge in [0.2, 0.25) is 0 Å². The first-order valence-corrected chi connectivity index (χ1v) is 6.61. The third-order valence-electron chi connectivity index (χ3n) is 2.70. The third kappa shape index (κ3) is 4.88. The lowest BCUT2D eigenvalue weighted by Crippen LogP contribution is -2.16. The summed E-state index contributed by atoms with van der Waals surface area (Å²) in [5.74, 6) is 2.41. The van der Waals surface area contributed by atoms with Crippen molar-refractivity contribution in [2.45, 2.75) is 33.1 Å². The monoisotopic (exact) mass is 288 g/mol. The number of alkyl halides is 2. The number of nitrogens with one attached hydrogen (secondary N) is 2. The molecule has 1 heterocycles. The van der Waals surface area contributed by atoms with Gasteiger partial charge in [-0.25, -0.2) is 18.7 Å². The highest BCUT2D eigenvalue weighted by atomic mass is 19.3. The van der Waals surface area contributed by atoms with E-state index in [1.165, 1.54) is 0 Å². The molecule has 0 bridgehead atoms. The van der Waals surface area contributed by atoms with Crippen LogP contribution in [0.25, 0.3) is 0 Å². The molecule has 5 nitrogen and oxygen atoms in total. The molecule has 0 amide bonds. The topological polar surface area (TPSA) is 59.1 Å². The van der Waals surface area contributed by atoms with Gasteiger partial charge in [-0.1, -0.05) is 13.8 Å². The molecule has 1 aromatic rings. The van der Waals surface area contributed by atoms with Crippen molar-refractivity contribution in [2.75, 3.05) is 37.4 Å². The summed E-state index contributed by atoms with van der Waals surface area (Å²) >= 11 is 0. The average molecular weight is 288 g/mol. The fourth-order valence-corrected chi connectivity index (χ4v) is 1.62. The van der Waals surface area contributed by atoms with E-state index in [0.29, 0.717) is 12.4 Å². The summed E-state index contributed by atoms with van der Waals surface area (Å²) in [7, 11) is 1.80. The number of ether oxygens (including phenoxy) is 1. The molecule has 0 saturated heterocycles. The van der Waals surface area contributed by atoms with Crippen LogP contribution in [-0.4, -0.2) is 43.2 Å². The molecule has 20 heavy (non-hydrogen) atoms. The van der Waals surface area contributed by atoms with Crippen molar-refractivity contribution >= 4 is 11.6 Å². The summed E-state index contributed by atoms with van der Waals surface area (Å²) < 4.78 is 28.7. The number of nitrogens with zero attached hydrogens (tertiary/aromatic N) is 2. The summed E-state index contributed by atoms with van der Waals surface area (Å²) in [6, 6.07) is 0. The second kappa shape index (κ2) is 7.94. The molecule has 0 radical (unpaired) electrons. The fraction of sp³-hybridized carbons (Fsp3) is 0.692. The third-order valence-corrected chi connectivity index (χ3v) is 2.70. The highest BCUT2D eigenvalue weighted by molar-refractivity contribution is 5.57. The summed E-state index contributed by atoms with van der Waals surface area (Å²) in [6.45, 7) is 6.02. The van der Waals surface area contributed by atoms with E-state index < -0.39 is 13.0 Å². The number of halogens is 2. The Morgan fingerprint density at radius 3 is 2.40 bits per heavy atom. The van der Waals surface area contributed by atoms with Gasteiger partial charge in [-0.2, -0.15) is 0 Å². The lowest BCUT2D eigenvalue weighted by molar-refractivity contribution is 0.0214. The quantitative estimate of drug-likeness (QED) is 0.720. The van der Waals surface area contributed by atoms with Crippen molar-refractivity contribution in [3.63, 3.8) is 0 Å². The van der Waals surface area contributed by atoms with Crippen molar-refractivity contribution < 1.29 is 13.5 Å². The average Bonchev–Trinajstić information content (AvgIpc) is 2.39. The number of rotatable bonds is 8. The van der Waals surface area contributed by atoms with Crippen LogP contribution in [0.4, 0.5) is 20.4 Å². The Hall–Kier alpha value is -1.50. The van der Waals surface area contributed by atoms with Crippen LogP contribution in [0.3, 0.4) is 0 Å². The number of anilines is 2. The van der Waals surface area contributed by atoms with Crippen molar-refractivity contribution in [1.29, 1.82) is 0 Å². The first kappa shape index (κ1) is 16.6. The van der Waals surface area contributed by atoms with Crippen LogP contribution in [0.2, 0.25) is 0 Å². The van der Waals surface area contributed by atoms with Gasteiger partial charge in [0.25, 0.3) is 6.43 Å². The molecule has 0 fully saturated rings. The van der Waals surface area contributed by atoms with Gasteiger partial charge in [-0.05, 0) is 6.92 Å². The van der Waals surface area contributed by atoms with Gasteiger partial charge in [0, 0.05) is 25.1 Å². The zero-order valence-corrected chi connectivity index (χ0v) is 12.3. The van der Waals surface area contributed by atoms with E-state index in [1.807, 2.05) is 20.8 Å². The molecule has 114 valence electrons. The molecule has 7 heteroatoms. The van der Waals surface area contributed by atoms with Crippen LogP contribution in [-0.2, 0) is 4.74 Å². The molecule has 0 saturated carbocycles. The Bertz CT molecular complexity index is 427. The predicted octanol–water partition coefficient (Wildman–Crippen LogP) is 2.64. The molecule has 1 rings (SSSR count). The smallest absolute Gasteiger partial charge is 0.261 e. The number of aromatic nitrogens is 2. The van der Waals surface area contributed by atoms with Crippen LogP contribution in [0.15, 0.2) is 0 Å². The summed E-state index contributed by atoms with van der Waals surface area (Å²) in [6.07, 6.45) is -2.43. The maximum Gasteiger partial charge on any atom is 0.261 e. The number of hydrogen-bond acceptors (Lipinski definition) is 5. The molecule has 0 unspecified atom stereocenters. The van der Waals surface area contributed by atoms with Crippen LogP contribution >= 0.6 is 0 Å². The van der Waals surface area contributed by atoms with E-state index in [4.69, 9.17) is 4.74 Å². The first-order chi connectivity index (χ1) is 9.45. The Labute approximate surface area is 118 Å². The van der Waals surface area contributed by atoms with Crippen LogP contribution in [0.5, 0.6) is 0 Å². The van der Waals surface area contributed by atoms with Crippen molar-refractivity contribution in [3.8, 4) is 0 Å². The maximum absolute atomic E-state index is 11.9. The molecular weight excluding hydrogens is 266 g/mol. The van der Waals surface area contributed by atoms with Crippen molar-refractivity contribution in [3.05, 3.63) is 11.4 Å². The van der Waals surface area contributed by atoms with E-state index in [9.17, 15) is 8.78 Å². The fourth-order valence-electron chi connectivity index (χ4n) is 1.62. The molecule has 0 aliphatic carbocycles. The van der Waals surface area contributed by atoms with Gasteiger partial charge < -0.3 is 15.4 Å². The summed E-state index contributed by atoms with van der Waals surface area (Å²) in [4.78, 5) is 8.87. The molecule has 0 atom stereocenters. The second-order valence-corrected chi connectivity index (χ2v) is 4.70. The lowest BCUT2D eigenvalue weighted by atomic mass is 10.2. The Balaban J connectivity index is 2.66. The first-order valence-electron chi connectivity index (χ1n) is 6.61. The molecule has 1 aromatic heterocycles. The summed E-state index contributed by atoms with van der Waals surface area (Å²) in [5.41, 5.74) is 0.894. The normalized spacial score (nSPS) is 11.2. The largest absolute Gasteiger partial charge is 0.374 e. The summed E-state index contributed by atoms with van der Waals surface area (Å²) in [5, 5.41) is 6.12. The Kier molecular flexibility index (Phi) is 6.57. The lowest BCUT2D eigenvalue weighted by Gasteiger charge is -2.15. The minimum Gasteiger partial charge on any atom is -0.374 e. The minimum atomic E-state index is -2.43. The van der Waals surface area contributed by atoms with Gasteiger partial charge in [-0.3, -0.25) is 0 Å². The van der Waals surface area contributed by atoms with Crippen LogP contribution in [0, 0.1) is 6.92 Å². The van der Waals surface area contributed by atoms with Crippen LogP contribution in [0.1, 0.15) is 31.2 Å². The zero-order valence-electron chi connectivity index (χ0n) is 12.3. The standard InChI is InChI=1S/C13H22F2N4O/c1-8(2)11-18-12(16-4)9(3)13(19-11)17-5-6-20-7-10(14)15/h8,10H,5-7H2,1-4H3,(H2,16,17,18,19). The highest BCUT2D eigenvalue weighted by Gasteiger charge is 2.12. The molecule has 0 spiro atoms. The minimum absolute atomic E-state index is 0.207. The Morgan fingerprint density at radius 1 is 1.20 bits per heavy atom. The SMILES string of the molecule is CNc1nc(C(C)C)nc(NCCOCC(F)F)c1C. The van der Waals surface area contributed by atoms with Gasteiger partial charge in [0.05, 0.1) is 6.61 Å². The predicted molar refractivity (Wildman–Crippen MR) is 75.7 cm³/mol. The maximum atomic E-state index is 11.9. The van der Waals surface area contributed by atoms with E-state index in [1.54, 1.807) is 7.05 Å². The van der Waals surface area contributed by atoms with E-state index in [0.717, 1.165) is 17.2 Å². The van der Waals surface area contributed by atoms with Gasteiger partial charge >= 0.3 is 0 Å². The molecule has 0 aliphatic heterocycles. The van der Waals surface area contributed by atoms with Crippen molar-refractivity contribution in [1.82, 2.24) is 9.97 Å². The molecular formula is C13H22F2N4O. The zero-order chi connectivity index (χ0) is 15.1. The second-order valence-electron chi connectivity index (χ2n) is 4.70. The Morgan fingerprint density at radius 2 is 1.85 bits per heavy atom. The van der Waals surface area contributed by atoms with E-state index in [2.05, 4.69) is 20.6 Å². The van der Waals surface area contributed by atoms with Gasteiger partial charge in [0.15, 0.2) is 0 Å². The van der Waals surface area contributed by atoms with Crippen molar-refractivity contribution in [2.24, 2.45) is 0 Å². The van der Waals surface area contributed by atoms with Crippen LogP contribution < -0.4 is 10.6 Å². The number of hydrogen-bond donors (Lipinski definition) is 2. The van der Waals surface area contributed by atoms with E-state index in [-0.39, 0.29) is 12.5 Å². The molecule has 0 aliphatic rings. The molecule has 0 aromatic carbocycles. The highest BCUT2D eigenvalue weighted by Crippen LogP contribution is 2.22.